The first-order valence-electron chi connectivity index (χ1n) is 8.57. The molecule has 2 aromatic rings. The molecule has 0 radical (unpaired) electrons. The summed E-state index contributed by atoms with van der Waals surface area (Å²) in [6, 6.07) is 19.9. The first kappa shape index (κ1) is 16.1. The minimum atomic E-state index is -0.357. The summed E-state index contributed by atoms with van der Waals surface area (Å²) in [5.41, 5.74) is 6.24. The number of aromatic amines is 1. The number of nitrogens with zero attached hydrogens (tertiary/aromatic N) is 1. The fourth-order valence-electron chi connectivity index (χ4n) is 3.25. The lowest BCUT2D eigenvalue weighted by Gasteiger charge is -2.18. The molecule has 4 rings (SSSR count). The van der Waals surface area contributed by atoms with Crippen LogP contribution in [0.25, 0.3) is 33.5 Å². The van der Waals surface area contributed by atoms with E-state index in [-0.39, 0.29) is 5.97 Å². The Bertz CT molecular complexity index is 1010. The number of carbonyl (C=O) groups excluding carboxylic acids is 1. The van der Waals surface area contributed by atoms with Gasteiger partial charge < -0.3 is 9.72 Å². The van der Waals surface area contributed by atoms with Crippen molar-refractivity contribution in [3.8, 4) is 33.5 Å². The van der Waals surface area contributed by atoms with Crippen LogP contribution in [0.1, 0.15) is 17.4 Å². The predicted molar refractivity (Wildman–Crippen MR) is 102 cm³/mol. The van der Waals surface area contributed by atoms with E-state index in [0.29, 0.717) is 12.3 Å². The molecule has 4 nitrogen and oxygen atoms in total. The lowest BCUT2D eigenvalue weighted by atomic mass is 9.92. The van der Waals surface area contributed by atoms with Gasteiger partial charge in [0, 0.05) is 29.1 Å². The predicted octanol–water partition coefficient (Wildman–Crippen LogP) is 5.03. The fourth-order valence-corrected chi connectivity index (χ4v) is 3.25. The average molecular weight is 342 g/mol. The SMILES string of the molecule is CCOC(=O)c1[nH]c(-c2ccncc2)c2cccc-2c1-c1ccccc1. The molecule has 0 saturated heterocycles. The average Bonchev–Trinajstić information content (AvgIpc) is 3.18. The van der Waals surface area contributed by atoms with Gasteiger partial charge in [-0.05, 0) is 30.2 Å². The van der Waals surface area contributed by atoms with Crippen molar-refractivity contribution in [2.75, 3.05) is 6.61 Å². The van der Waals surface area contributed by atoms with Crippen molar-refractivity contribution < 1.29 is 9.53 Å². The second-order valence-electron chi connectivity index (χ2n) is 5.93. The number of hydrogen-bond donors (Lipinski definition) is 1. The van der Waals surface area contributed by atoms with Crippen molar-refractivity contribution in [2.24, 2.45) is 0 Å². The molecule has 0 fully saturated rings. The number of H-pyrrole nitrogens is 1. The summed E-state index contributed by atoms with van der Waals surface area (Å²) in [6.45, 7) is 2.13. The maximum Gasteiger partial charge on any atom is 0.355 e. The molecule has 2 heterocycles. The van der Waals surface area contributed by atoms with E-state index in [2.05, 4.69) is 16.0 Å². The highest BCUT2D eigenvalue weighted by molar-refractivity contribution is 6.04. The Morgan fingerprint density at radius 1 is 0.923 bits per heavy atom. The number of nitrogens with one attached hydrogen (secondary N) is 1. The highest BCUT2D eigenvalue weighted by atomic mass is 16.5. The summed E-state index contributed by atoms with van der Waals surface area (Å²) in [6.07, 6.45) is 3.49. The topological polar surface area (TPSA) is 55.0 Å². The van der Waals surface area contributed by atoms with Crippen molar-refractivity contribution in [1.82, 2.24) is 9.97 Å². The molecule has 1 aromatic carbocycles. The molecule has 26 heavy (non-hydrogen) atoms. The van der Waals surface area contributed by atoms with Gasteiger partial charge in [-0.25, -0.2) is 4.79 Å². The van der Waals surface area contributed by atoms with Crippen LogP contribution in [-0.4, -0.2) is 22.5 Å². The Morgan fingerprint density at radius 3 is 2.38 bits per heavy atom. The van der Waals surface area contributed by atoms with Crippen molar-refractivity contribution in [2.45, 2.75) is 6.92 Å². The monoisotopic (exact) mass is 342 g/mol. The van der Waals surface area contributed by atoms with E-state index in [1.807, 2.05) is 61.5 Å². The third kappa shape index (κ3) is 2.75. The number of fused-ring (bicyclic) bond motifs is 1. The summed E-state index contributed by atoms with van der Waals surface area (Å²) in [5.74, 6) is -0.357. The number of hydrogen-bond acceptors (Lipinski definition) is 3. The third-order valence-electron chi connectivity index (χ3n) is 4.37. The lowest BCUT2D eigenvalue weighted by Crippen LogP contribution is -2.11. The smallest absolute Gasteiger partial charge is 0.355 e. The molecular formula is C22H18N2O2. The summed E-state index contributed by atoms with van der Waals surface area (Å²) in [4.78, 5) is 20.1. The number of rotatable bonds is 4. The fraction of sp³-hybridized carbons (Fsp3) is 0.0909. The van der Waals surface area contributed by atoms with Gasteiger partial charge in [-0.15, -0.1) is 0 Å². The normalized spacial score (nSPS) is 10.8. The minimum absolute atomic E-state index is 0.324. The molecule has 0 saturated carbocycles. The van der Waals surface area contributed by atoms with E-state index in [9.17, 15) is 4.79 Å². The summed E-state index contributed by atoms with van der Waals surface area (Å²) in [7, 11) is 0. The van der Waals surface area contributed by atoms with Crippen LogP contribution in [0, 0.1) is 0 Å². The Hall–Kier alpha value is -3.40. The number of ether oxygens (including phenoxy) is 1. The highest BCUT2D eigenvalue weighted by Crippen LogP contribution is 2.41. The zero-order chi connectivity index (χ0) is 17.9. The van der Waals surface area contributed by atoms with Gasteiger partial charge in [-0.1, -0.05) is 48.5 Å². The van der Waals surface area contributed by atoms with E-state index in [1.165, 1.54) is 0 Å². The largest absolute Gasteiger partial charge is 0.461 e. The zero-order valence-electron chi connectivity index (χ0n) is 14.4. The number of benzene rings is 1. The van der Waals surface area contributed by atoms with Gasteiger partial charge in [0.2, 0.25) is 0 Å². The van der Waals surface area contributed by atoms with Crippen molar-refractivity contribution in [1.29, 1.82) is 0 Å². The molecular weight excluding hydrogens is 324 g/mol. The lowest BCUT2D eigenvalue weighted by molar-refractivity contribution is 0.0520. The van der Waals surface area contributed by atoms with Crippen LogP contribution in [0.3, 0.4) is 0 Å². The summed E-state index contributed by atoms with van der Waals surface area (Å²) >= 11 is 0. The minimum Gasteiger partial charge on any atom is -0.461 e. The van der Waals surface area contributed by atoms with Crippen molar-refractivity contribution >= 4 is 5.97 Å². The van der Waals surface area contributed by atoms with E-state index >= 15 is 0 Å². The van der Waals surface area contributed by atoms with Crippen LogP contribution in [0.4, 0.5) is 0 Å². The maximum atomic E-state index is 12.7. The van der Waals surface area contributed by atoms with Gasteiger partial charge in [-0.3, -0.25) is 4.98 Å². The van der Waals surface area contributed by atoms with Crippen LogP contribution in [-0.2, 0) is 4.74 Å². The molecule has 1 aliphatic heterocycles. The molecule has 1 aliphatic carbocycles. The van der Waals surface area contributed by atoms with Gasteiger partial charge in [0.05, 0.1) is 12.3 Å². The van der Waals surface area contributed by atoms with Crippen LogP contribution >= 0.6 is 0 Å². The van der Waals surface area contributed by atoms with E-state index in [4.69, 9.17) is 4.74 Å². The zero-order valence-corrected chi connectivity index (χ0v) is 14.4. The van der Waals surface area contributed by atoms with Crippen molar-refractivity contribution in [3.63, 3.8) is 0 Å². The van der Waals surface area contributed by atoms with Crippen LogP contribution in [0.15, 0.2) is 73.1 Å². The van der Waals surface area contributed by atoms with Gasteiger partial charge >= 0.3 is 5.97 Å². The second-order valence-corrected chi connectivity index (χ2v) is 5.93. The number of esters is 1. The van der Waals surface area contributed by atoms with Crippen LogP contribution < -0.4 is 0 Å². The van der Waals surface area contributed by atoms with Gasteiger partial charge in [-0.2, -0.15) is 0 Å². The summed E-state index contributed by atoms with van der Waals surface area (Å²) in [5, 5.41) is 0. The van der Waals surface area contributed by atoms with Gasteiger partial charge in [0.15, 0.2) is 0 Å². The molecule has 4 heteroatoms. The van der Waals surface area contributed by atoms with E-state index in [1.54, 1.807) is 12.4 Å². The molecule has 0 spiro atoms. The third-order valence-corrected chi connectivity index (χ3v) is 4.37. The van der Waals surface area contributed by atoms with Crippen LogP contribution in [0.2, 0.25) is 0 Å². The Balaban J connectivity index is 2.03. The molecule has 1 aromatic heterocycles. The van der Waals surface area contributed by atoms with Crippen LogP contribution in [0.5, 0.6) is 0 Å². The molecule has 0 amide bonds. The standard InChI is InChI=1S/C22H18N2O2/c1-2-26-22(25)21-19(15-7-4-3-5-8-15)17-9-6-10-18(17)20(24-21)16-11-13-23-14-12-16/h3-14,24H,2H2,1H3. The quantitative estimate of drug-likeness (QED) is 0.530. The molecule has 1 N–H and O–H groups in total. The van der Waals surface area contributed by atoms with E-state index in [0.717, 1.165) is 33.5 Å². The van der Waals surface area contributed by atoms with Gasteiger partial charge in [0.1, 0.15) is 5.69 Å². The van der Waals surface area contributed by atoms with E-state index < -0.39 is 0 Å². The Morgan fingerprint density at radius 2 is 1.65 bits per heavy atom. The molecule has 2 aliphatic rings. The Labute approximate surface area is 151 Å². The maximum absolute atomic E-state index is 12.7. The molecule has 0 unspecified atom stereocenters. The Kier molecular flexibility index (Phi) is 4.23. The van der Waals surface area contributed by atoms with Gasteiger partial charge in [0.25, 0.3) is 0 Å². The number of pyridine rings is 2. The van der Waals surface area contributed by atoms with Crippen molar-refractivity contribution in [3.05, 3.63) is 78.8 Å². The molecule has 0 bridgehead atoms. The highest BCUT2D eigenvalue weighted by Gasteiger charge is 2.24. The first-order chi connectivity index (χ1) is 12.8. The number of aromatic nitrogens is 2. The molecule has 128 valence electrons. The molecule has 0 atom stereocenters. The first-order valence-corrected chi connectivity index (χ1v) is 8.57. The number of carbonyl (C=O) groups is 1. The summed E-state index contributed by atoms with van der Waals surface area (Å²) < 4.78 is 5.32. The second kappa shape index (κ2) is 6.84.